The van der Waals surface area contributed by atoms with E-state index in [9.17, 15) is 21.6 Å². The highest BCUT2D eigenvalue weighted by Crippen LogP contribution is 2.27. The fourth-order valence-electron chi connectivity index (χ4n) is 0.812. The number of hydrogen-bond donors (Lipinski definition) is 1. The summed E-state index contributed by atoms with van der Waals surface area (Å²) >= 11 is 0. The van der Waals surface area contributed by atoms with Crippen LogP contribution in [0.15, 0.2) is 0 Å². The molecule has 13 heavy (non-hydrogen) atoms. The summed E-state index contributed by atoms with van der Waals surface area (Å²) in [6.45, 7) is 0. The minimum Gasteiger partial charge on any atom is -0.202 e. The van der Waals surface area contributed by atoms with Gasteiger partial charge in [-0.25, -0.2) is 8.42 Å². The summed E-state index contributed by atoms with van der Waals surface area (Å²) in [4.78, 5) is 0. The SMILES string of the molecule is O=S(=O)(NS1=CCCC1)C(F)(F)F. The average Bonchev–Trinajstić information content (AvgIpc) is 2.35. The summed E-state index contributed by atoms with van der Waals surface area (Å²) < 4.78 is 58.2. The third-order valence-corrected chi connectivity index (χ3v) is 5.12. The second kappa shape index (κ2) is 3.58. The van der Waals surface area contributed by atoms with Crippen LogP contribution < -0.4 is 4.13 Å². The molecule has 0 radical (unpaired) electrons. The lowest BCUT2D eigenvalue weighted by molar-refractivity contribution is -0.0440. The molecule has 8 heteroatoms. The van der Waals surface area contributed by atoms with Crippen LogP contribution in [0.1, 0.15) is 12.8 Å². The van der Waals surface area contributed by atoms with E-state index in [1.54, 1.807) is 9.49 Å². The number of hydrogen-bond acceptors (Lipinski definition) is 2. The van der Waals surface area contributed by atoms with Crippen molar-refractivity contribution in [2.24, 2.45) is 0 Å². The first-order chi connectivity index (χ1) is 5.83. The van der Waals surface area contributed by atoms with Crippen molar-refractivity contribution in [2.75, 3.05) is 5.75 Å². The predicted octanol–water partition coefficient (Wildman–Crippen LogP) is 1.21. The van der Waals surface area contributed by atoms with E-state index < -0.39 is 26.2 Å². The average molecular weight is 235 g/mol. The van der Waals surface area contributed by atoms with Gasteiger partial charge in [-0.15, -0.1) is 10.7 Å². The first kappa shape index (κ1) is 11.0. The van der Waals surface area contributed by atoms with Crippen LogP contribution in [0.25, 0.3) is 0 Å². The molecule has 0 aromatic heterocycles. The molecule has 0 aromatic rings. The van der Waals surface area contributed by atoms with Gasteiger partial charge in [0.15, 0.2) is 0 Å². The van der Waals surface area contributed by atoms with Crippen molar-refractivity contribution in [3.8, 4) is 0 Å². The molecule has 0 aromatic carbocycles. The molecule has 0 saturated carbocycles. The summed E-state index contributed by atoms with van der Waals surface area (Å²) in [6.07, 6.45) is 1.41. The van der Waals surface area contributed by atoms with Crippen molar-refractivity contribution in [3.05, 3.63) is 0 Å². The number of sulfonamides is 1. The molecule has 1 aliphatic heterocycles. The Morgan fingerprint density at radius 3 is 2.38 bits per heavy atom. The van der Waals surface area contributed by atoms with Crippen molar-refractivity contribution in [1.82, 2.24) is 4.13 Å². The molecule has 0 fully saturated rings. The molecule has 1 rings (SSSR count). The van der Waals surface area contributed by atoms with E-state index in [2.05, 4.69) is 0 Å². The van der Waals surface area contributed by atoms with Crippen molar-refractivity contribution in [2.45, 2.75) is 18.3 Å². The van der Waals surface area contributed by atoms with E-state index in [1.165, 1.54) is 0 Å². The van der Waals surface area contributed by atoms with Crippen molar-refractivity contribution in [1.29, 1.82) is 0 Å². The Balaban J connectivity index is 2.73. The standard InChI is InChI=1S/C5H8F3NO2S2/c6-5(7,8)13(10,11)9-12-3-1-2-4-12/h3,9H,1-2,4H2. The zero-order valence-electron chi connectivity index (χ0n) is 6.47. The molecule has 1 N–H and O–H groups in total. The Morgan fingerprint density at radius 1 is 1.38 bits per heavy atom. The van der Waals surface area contributed by atoms with Crippen LogP contribution in [0.2, 0.25) is 0 Å². The van der Waals surface area contributed by atoms with Crippen LogP contribution in [0.3, 0.4) is 0 Å². The molecule has 0 saturated heterocycles. The summed E-state index contributed by atoms with van der Waals surface area (Å²) in [5.41, 5.74) is -5.20. The van der Waals surface area contributed by atoms with E-state index in [0.717, 1.165) is 6.42 Å². The van der Waals surface area contributed by atoms with Crippen LogP contribution in [0.4, 0.5) is 13.2 Å². The highest BCUT2D eigenvalue weighted by atomic mass is 32.3. The molecule has 0 spiro atoms. The fourth-order valence-corrected chi connectivity index (χ4v) is 4.02. The van der Waals surface area contributed by atoms with Gasteiger partial charge in [0.05, 0.1) is 0 Å². The van der Waals surface area contributed by atoms with Crippen molar-refractivity contribution >= 4 is 26.1 Å². The maximum absolute atomic E-state index is 11.8. The van der Waals surface area contributed by atoms with Crippen LogP contribution in [-0.2, 0) is 10.0 Å². The van der Waals surface area contributed by atoms with E-state index >= 15 is 0 Å². The van der Waals surface area contributed by atoms with Gasteiger partial charge in [-0.1, -0.05) is 0 Å². The van der Waals surface area contributed by atoms with Gasteiger partial charge < -0.3 is 0 Å². The Morgan fingerprint density at radius 2 is 2.00 bits per heavy atom. The Kier molecular flexibility index (Phi) is 3.03. The second-order valence-electron chi connectivity index (χ2n) is 2.47. The molecule has 1 unspecified atom stereocenters. The topological polar surface area (TPSA) is 46.2 Å². The van der Waals surface area contributed by atoms with Crippen molar-refractivity contribution in [3.63, 3.8) is 0 Å². The van der Waals surface area contributed by atoms with Gasteiger partial charge in [0.1, 0.15) is 0 Å². The number of alkyl halides is 3. The first-order valence-electron chi connectivity index (χ1n) is 3.45. The van der Waals surface area contributed by atoms with Gasteiger partial charge >= 0.3 is 15.5 Å². The number of rotatable bonds is 2. The minimum absolute atomic E-state index is 0.468. The third-order valence-electron chi connectivity index (χ3n) is 1.41. The van der Waals surface area contributed by atoms with Gasteiger partial charge in [0.25, 0.3) is 0 Å². The van der Waals surface area contributed by atoms with Crippen LogP contribution in [0.5, 0.6) is 0 Å². The zero-order valence-corrected chi connectivity index (χ0v) is 8.10. The van der Waals surface area contributed by atoms with Crippen molar-refractivity contribution < 1.29 is 21.6 Å². The Bertz CT molecular complexity index is 319. The van der Waals surface area contributed by atoms with E-state index in [1.807, 2.05) is 0 Å². The molecular formula is C5H8F3NO2S2. The van der Waals surface area contributed by atoms with Gasteiger partial charge in [0.2, 0.25) is 0 Å². The minimum atomic E-state index is -5.20. The maximum Gasteiger partial charge on any atom is 0.512 e. The lowest BCUT2D eigenvalue weighted by Crippen LogP contribution is -2.33. The molecule has 1 heterocycles. The highest BCUT2D eigenvalue weighted by molar-refractivity contribution is 8.20. The fraction of sp³-hybridized carbons (Fsp3) is 0.800. The second-order valence-corrected chi connectivity index (χ2v) is 6.21. The lowest BCUT2D eigenvalue weighted by atomic mass is 10.4. The number of halogens is 3. The normalized spacial score (nSPS) is 24.4. The van der Waals surface area contributed by atoms with Crippen LogP contribution in [-0.4, -0.2) is 25.0 Å². The van der Waals surface area contributed by atoms with Gasteiger partial charge in [-0.3, -0.25) is 0 Å². The molecule has 1 aliphatic rings. The predicted molar refractivity (Wildman–Crippen MR) is 45.9 cm³/mol. The summed E-state index contributed by atoms with van der Waals surface area (Å²) in [5.74, 6) is 0.468. The molecule has 0 aliphatic carbocycles. The quantitative estimate of drug-likeness (QED) is 0.731. The van der Waals surface area contributed by atoms with Gasteiger partial charge in [-0.2, -0.15) is 17.3 Å². The van der Waals surface area contributed by atoms with Crippen LogP contribution in [0, 0.1) is 0 Å². The maximum atomic E-state index is 11.8. The highest BCUT2D eigenvalue weighted by Gasteiger charge is 2.46. The smallest absolute Gasteiger partial charge is 0.202 e. The lowest BCUT2D eigenvalue weighted by Gasteiger charge is -2.10. The third kappa shape index (κ3) is 2.68. The summed E-state index contributed by atoms with van der Waals surface area (Å²) in [7, 11) is -6.08. The van der Waals surface area contributed by atoms with E-state index in [-0.39, 0.29) is 0 Å². The molecular weight excluding hydrogens is 227 g/mol. The summed E-state index contributed by atoms with van der Waals surface area (Å²) in [6, 6.07) is 0. The monoisotopic (exact) mass is 235 g/mol. The molecule has 0 bridgehead atoms. The number of nitrogens with one attached hydrogen (secondary N) is 1. The van der Waals surface area contributed by atoms with Gasteiger partial charge in [-0.05, 0) is 18.2 Å². The Hall–Kier alpha value is -0.0800. The summed E-state index contributed by atoms with van der Waals surface area (Å²) in [5, 5.41) is 1.57. The zero-order chi connectivity index (χ0) is 10.1. The van der Waals surface area contributed by atoms with E-state index in [4.69, 9.17) is 0 Å². The first-order valence-corrected chi connectivity index (χ1v) is 6.39. The largest absolute Gasteiger partial charge is 0.512 e. The molecule has 0 amide bonds. The van der Waals surface area contributed by atoms with Gasteiger partial charge in [0, 0.05) is 5.75 Å². The molecule has 78 valence electrons. The van der Waals surface area contributed by atoms with E-state index in [0.29, 0.717) is 12.2 Å². The Labute approximate surface area is 76.4 Å². The van der Waals surface area contributed by atoms with Crippen LogP contribution >= 0.6 is 10.7 Å². The molecule has 3 nitrogen and oxygen atoms in total. The molecule has 1 atom stereocenters.